The molecule has 0 aliphatic carbocycles. The van der Waals surface area contributed by atoms with E-state index >= 15 is 0 Å². The molecule has 92 valence electrons. The van der Waals surface area contributed by atoms with Crippen LogP contribution in [0.5, 0.6) is 0 Å². The predicted molar refractivity (Wildman–Crippen MR) is 67.2 cm³/mol. The normalized spacial score (nSPS) is 24.4. The van der Waals surface area contributed by atoms with Crippen molar-refractivity contribution in [2.75, 3.05) is 19.7 Å². The molecule has 16 heavy (non-hydrogen) atoms. The van der Waals surface area contributed by atoms with Crippen molar-refractivity contribution in [3.63, 3.8) is 0 Å². The molecule has 2 N–H and O–H groups in total. The number of hydrogen-bond donors (Lipinski definition) is 1. The van der Waals surface area contributed by atoms with Gasteiger partial charge in [0.15, 0.2) is 0 Å². The van der Waals surface area contributed by atoms with Crippen molar-refractivity contribution >= 4 is 23.1 Å². The van der Waals surface area contributed by atoms with E-state index in [1.165, 1.54) is 0 Å². The van der Waals surface area contributed by atoms with Gasteiger partial charge in [-0.1, -0.05) is 19.1 Å². The number of carbonyl (C=O) groups excluding carboxylic acids is 1. The number of ether oxygens (including phenoxy) is 1. The van der Waals surface area contributed by atoms with Crippen LogP contribution in [0.1, 0.15) is 33.1 Å². The summed E-state index contributed by atoms with van der Waals surface area (Å²) >= 11 is 4.86. The smallest absolute Gasteiger partial charge is 0.254 e. The Kier molecular flexibility index (Phi) is 4.68. The summed E-state index contributed by atoms with van der Waals surface area (Å²) in [6.07, 6.45) is 2.61. The zero-order valence-corrected chi connectivity index (χ0v) is 10.8. The monoisotopic (exact) mass is 244 g/mol. The molecule has 1 atom stereocenters. The number of nitrogens with two attached hydrogens (primary N) is 1. The zero-order chi connectivity index (χ0) is 12.2. The lowest BCUT2D eigenvalue weighted by molar-refractivity contribution is -0.150. The molecule has 1 heterocycles. The lowest BCUT2D eigenvalue weighted by atomic mass is 10.0. The van der Waals surface area contributed by atoms with Crippen molar-refractivity contribution in [2.24, 2.45) is 5.73 Å². The van der Waals surface area contributed by atoms with E-state index in [1.807, 2.05) is 13.8 Å². The van der Waals surface area contributed by atoms with E-state index in [-0.39, 0.29) is 5.91 Å². The van der Waals surface area contributed by atoms with E-state index in [2.05, 4.69) is 0 Å². The van der Waals surface area contributed by atoms with Gasteiger partial charge in [-0.3, -0.25) is 4.79 Å². The number of carbonyl (C=O) groups is 1. The van der Waals surface area contributed by atoms with Crippen LogP contribution in [0.25, 0.3) is 0 Å². The van der Waals surface area contributed by atoms with Gasteiger partial charge in [0.2, 0.25) is 0 Å². The Bertz CT molecular complexity index is 275. The lowest BCUT2D eigenvalue weighted by Gasteiger charge is -2.30. The average molecular weight is 244 g/mol. The van der Waals surface area contributed by atoms with Crippen LogP contribution in [0.4, 0.5) is 0 Å². The van der Waals surface area contributed by atoms with E-state index < -0.39 is 5.60 Å². The van der Waals surface area contributed by atoms with Crippen molar-refractivity contribution in [1.29, 1.82) is 0 Å². The van der Waals surface area contributed by atoms with Gasteiger partial charge >= 0.3 is 0 Å². The third-order valence-electron chi connectivity index (χ3n) is 2.80. The molecule has 0 bridgehead atoms. The van der Waals surface area contributed by atoms with Crippen LogP contribution in [-0.4, -0.2) is 41.1 Å². The second kappa shape index (κ2) is 5.59. The van der Waals surface area contributed by atoms with Crippen molar-refractivity contribution in [3.05, 3.63) is 0 Å². The molecule has 4 nitrogen and oxygen atoms in total. The van der Waals surface area contributed by atoms with Crippen molar-refractivity contribution in [2.45, 2.75) is 38.7 Å². The van der Waals surface area contributed by atoms with E-state index in [1.54, 1.807) is 4.90 Å². The SMILES string of the molecule is CCCN(CC(N)=S)C(=O)C1(C)CCCO1. The van der Waals surface area contributed by atoms with Crippen LogP contribution in [0.3, 0.4) is 0 Å². The van der Waals surface area contributed by atoms with Crippen LogP contribution >= 0.6 is 12.2 Å². The first-order valence-electron chi connectivity index (χ1n) is 5.71. The molecule has 1 rings (SSSR count). The van der Waals surface area contributed by atoms with Crippen LogP contribution < -0.4 is 5.73 Å². The summed E-state index contributed by atoms with van der Waals surface area (Å²) in [5.41, 5.74) is 4.83. The fourth-order valence-corrected chi connectivity index (χ4v) is 2.15. The van der Waals surface area contributed by atoms with Crippen LogP contribution in [-0.2, 0) is 9.53 Å². The molecule has 0 radical (unpaired) electrons. The molecule has 5 heteroatoms. The van der Waals surface area contributed by atoms with E-state index in [9.17, 15) is 4.79 Å². The van der Waals surface area contributed by atoms with Gasteiger partial charge in [0.25, 0.3) is 5.91 Å². The molecule has 1 aliphatic heterocycles. The Labute approximate surface area is 102 Å². The topological polar surface area (TPSA) is 55.6 Å². The highest BCUT2D eigenvalue weighted by molar-refractivity contribution is 7.80. The second-order valence-electron chi connectivity index (χ2n) is 4.38. The largest absolute Gasteiger partial charge is 0.392 e. The molecular formula is C11H20N2O2S. The standard InChI is InChI=1S/C11H20N2O2S/c1-3-6-13(8-9(12)16)10(14)11(2)5-4-7-15-11/h3-8H2,1-2H3,(H2,12,16). The van der Waals surface area contributed by atoms with Crippen LogP contribution in [0, 0.1) is 0 Å². The van der Waals surface area contributed by atoms with Gasteiger partial charge in [-0.05, 0) is 26.2 Å². The molecule has 0 saturated carbocycles. The molecule has 1 unspecified atom stereocenters. The minimum absolute atomic E-state index is 0.0136. The van der Waals surface area contributed by atoms with Crippen molar-refractivity contribution in [3.8, 4) is 0 Å². The molecule has 0 spiro atoms. The van der Waals surface area contributed by atoms with Crippen LogP contribution in [0.15, 0.2) is 0 Å². The summed E-state index contributed by atoms with van der Waals surface area (Å²) in [5.74, 6) is 0.0136. The quantitative estimate of drug-likeness (QED) is 0.735. The summed E-state index contributed by atoms with van der Waals surface area (Å²) in [6.45, 7) is 5.56. The summed E-state index contributed by atoms with van der Waals surface area (Å²) < 4.78 is 5.54. The highest BCUT2D eigenvalue weighted by Gasteiger charge is 2.40. The summed E-state index contributed by atoms with van der Waals surface area (Å²) in [4.78, 5) is 14.3. The second-order valence-corrected chi connectivity index (χ2v) is 4.90. The Morgan fingerprint density at radius 2 is 2.31 bits per heavy atom. The van der Waals surface area contributed by atoms with E-state index in [0.29, 0.717) is 24.7 Å². The van der Waals surface area contributed by atoms with Crippen molar-refractivity contribution in [1.82, 2.24) is 4.90 Å². The van der Waals surface area contributed by atoms with Crippen LogP contribution in [0.2, 0.25) is 0 Å². The minimum atomic E-state index is -0.667. The first-order valence-corrected chi connectivity index (χ1v) is 6.12. The third kappa shape index (κ3) is 3.15. The molecular weight excluding hydrogens is 224 g/mol. The fraction of sp³-hybridized carbons (Fsp3) is 0.818. The zero-order valence-electron chi connectivity index (χ0n) is 9.99. The lowest BCUT2D eigenvalue weighted by Crippen LogP contribution is -2.49. The number of nitrogens with zero attached hydrogens (tertiary/aromatic N) is 1. The van der Waals surface area contributed by atoms with Crippen molar-refractivity contribution < 1.29 is 9.53 Å². The molecule has 0 aromatic rings. The average Bonchev–Trinajstić information content (AvgIpc) is 2.64. The van der Waals surface area contributed by atoms with Gasteiger partial charge in [0, 0.05) is 13.2 Å². The summed E-state index contributed by atoms with van der Waals surface area (Å²) in [5, 5.41) is 0. The maximum atomic E-state index is 12.3. The Morgan fingerprint density at radius 1 is 1.62 bits per heavy atom. The highest BCUT2D eigenvalue weighted by Crippen LogP contribution is 2.27. The predicted octanol–water partition coefficient (Wildman–Crippen LogP) is 1.08. The van der Waals surface area contributed by atoms with Gasteiger partial charge in [0.05, 0.1) is 11.5 Å². The number of rotatable bonds is 5. The first kappa shape index (κ1) is 13.4. The first-order chi connectivity index (χ1) is 7.49. The van der Waals surface area contributed by atoms with Gasteiger partial charge in [-0.25, -0.2) is 0 Å². The van der Waals surface area contributed by atoms with Gasteiger partial charge in [0.1, 0.15) is 5.60 Å². The fourth-order valence-electron chi connectivity index (χ4n) is 1.99. The van der Waals surface area contributed by atoms with E-state index in [4.69, 9.17) is 22.7 Å². The Balaban J connectivity index is 2.69. The molecule has 1 fully saturated rings. The molecule has 0 aromatic carbocycles. The summed E-state index contributed by atoms with van der Waals surface area (Å²) in [7, 11) is 0. The number of amides is 1. The van der Waals surface area contributed by atoms with Gasteiger partial charge in [-0.2, -0.15) is 0 Å². The maximum absolute atomic E-state index is 12.3. The third-order valence-corrected chi connectivity index (χ3v) is 2.93. The minimum Gasteiger partial charge on any atom is -0.392 e. The van der Waals surface area contributed by atoms with Gasteiger partial charge < -0.3 is 15.4 Å². The molecule has 1 saturated heterocycles. The highest BCUT2D eigenvalue weighted by atomic mass is 32.1. The Morgan fingerprint density at radius 3 is 2.75 bits per heavy atom. The molecule has 1 amide bonds. The number of thiocarbonyl (C=S) groups is 1. The van der Waals surface area contributed by atoms with Gasteiger partial charge in [-0.15, -0.1) is 0 Å². The Hall–Kier alpha value is -0.680. The maximum Gasteiger partial charge on any atom is 0.254 e. The summed E-state index contributed by atoms with van der Waals surface area (Å²) in [6, 6.07) is 0. The molecule has 0 aromatic heterocycles. The number of hydrogen-bond acceptors (Lipinski definition) is 3. The molecule has 1 aliphatic rings. The van der Waals surface area contributed by atoms with E-state index in [0.717, 1.165) is 19.3 Å².